The monoisotopic (exact) mass is 273 g/mol. The van der Waals surface area contributed by atoms with E-state index in [0.29, 0.717) is 22.7 Å². The Morgan fingerprint density at radius 2 is 2.30 bits per heavy atom. The number of para-hydroxylation sites is 1. The summed E-state index contributed by atoms with van der Waals surface area (Å²) in [5.74, 6) is -0.107. The molecule has 1 aromatic carbocycles. The fraction of sp³-hybridized carbons (Fsp3) is 0.154. The van der Waals surface area contributed by atoms with E-state index >= 15 is 0 Å². The summed E-state index contributed by atoms with van der Waals surface area (Å²) < 4.78 is 6.64. The molecule has 0 amide bonds. The number of hydrogen-bond donors (Lipinski definition) is 2. The maximum absolute atomic E-state index is 12.0. The summed E-state index contributed by atoms with van der Waals surface area (Å²) in [5.41, 5.74) is 0.465. The summed E-state index contributed by atoms with van der Waals surface area (Å²) in [6, 6.07) is 4.69. The summed E-state index contributed by atoms with van der Waals surface area (Å²) in [7, 11) is 0. The van der Waals surface area contributed by atoms with Crippen LogP contribution < -0.4 is 5.69 Å². The third-order valence-corrected chi connectivity index (χ3v) is 2.99. The minimum atomic E-state index is -1.09. The van der Waals surface area contributed by atoms with Gasteiger partial charge in [0.1, 0.15) is 12.3 Å². The van der Waals surface area contributed by atoms with Crippen LogP contribution in [-0.4, -0.2) is 25.6 Å². The number of aromatic amines is 1. The molecule has 0 atom stereocenters. The number of carboxylic acid groups (broad SMARTS) is 1. The van der Waals surface area contributed by atoms with Gasteiger partial charge in [-0.1, -0.05) is 6.07 Å². The number of aryl methyl sites for hydroxylation is 1. The van der Waals surface area contributed by atoms with Crippen LogP contribution >= 0.6 is 0 Å². The van der Waals surface area contributed by atoms with Crippen molar-refractivity contribution in [1.29, 1.82) is 0 Å². The quantitative estimate of drug-likeness (QED) is 0.750. The Hall–Kier alpha value is -2.83. The molecule has 3 rings (SSSR count). The number of aromatic nitrogens is 3. The second-order valence-electron chi connectivity index (χ2n) is 4.39. The molecule has 0 fully saturated rings. The van der Waals surface area contributed by atoms with Gasteiger partial charge < -0.3 is 14.5 Å². The van der Waals surface area contributed by atoms with Gasteiger partial charge in [0.2, 0.25) is 5.89 Å². The molecule has 20 heavy (non-hydrogen) atoms. The number of nitrogens with one attached hydrogen (secondary N) is 1. The zero-order valence-corrected chi connectivity index (χ0v) is 10.6. The summed E-state index contributed by atoms with van der Waals surface area (Å²) >= 11 is 0. The van der Waals surface area contributed by atoms with Crippen LogP contribution in [0, 0.1) is 6.92 Å². The van der Waals surface area contributed by atoms with Gasteiger partial charge in [-0.05, 0) is 19.1 Å². The topological polar surface area (TPSA) is 101 Å². The molecular formula is C13H11N3O4. The van der Waals surface area contributed by atoms with Gasteiger partial charge in [0.05, 0.1) is 22.8 Å². The molecule has 2 heterocycles. The highest BCUT2D eigenvalue weighted by molar-refractivity contribution is 6.01. The van der Waals surface area contributed by atoms with Crippen LogP contribution in [0.2, 0.25) is 0 Å². The SMILES string of the molecule is Cc1cnc(Cn2c(=O)[nH]c3cccc(C(=O)O)c32)o1. The maximum Gasteiger partial charge on any atom is 0.337 e. The highest BCUT2D eigenvalue weighted by Crippen LogP contribution is 2.17. The van der Waals surface area contributed by atoms with Crippen molar-refractivity contribution in [3.63, 3.8) is 0 Å². The van der Waals surface area contributed by atoms with Crippen molar-refractivity contribution in [2.45, 2.75) is 13.5 Å². The van der Waals surface area contributed by atoms with Crippen molar-refractivity contribution < 1.29 is 14.3 Å². The highest BCUT2D eigenvalue weighted by atomic mass is 16.4. The number of carboxylic acids is 1. The fourth-order valence-electron chi connectivity index (χ4n) is 2.15. The van der Waals surface area contributed by atoms with Crippen molar-refractivity contribution in [1.82, 2.24) is 14.5 Å². The average molecular weight is 273 g/mol. The van der Waals surface area contributed by atoms with Gasteiger partial charge in [-0.2, -0.15) is 0 Å². The number of carbonyl (C=O) groups is 1. The van der Waals surface area contributed by atoms with Crippen molar-refractivity contribution in [3.8, 4) is 0 Å². The van der Waals surface area contributed by atoms with Crippen LogP contribution in [0.3, 0.4) is 0 Å². The van der Waals surface area contributed by atoms with E-state index in [1.54, 1.807) is 25.3 Å². The van der Waals surface area contributed by atoms with Crippen LogP contribution in [0.4, 0.5) is 0 Å². The first-order valence-corrected chi connectivity index (χ1v) is 5.92. The number of H-pyrrole nitrogens is 1. The van der Waals surface area contributed by atoms with E-state index in [4.69, 9.17) is 4.42 Å². The zero-order valence-electron chi connectivity index (χ0n) is 10.6. The Morgan fingerprint density at radius 1 is 1.50 bits per heavy atom. The zero-order chi connectivity index (χ0) is 14.3. The smallest absolute Gasteiger partial charge is 0.337 e. The number of hydrogen-bond acceptors (Lipinski definition) is 4. The fourth-order valence-corrected chi connectivity index (χ4v) is 2.15. The number of benzene rings is 1. The molecule has 0 unspecified atom stereocenters. The van der Waals surface area contributed by atoms with E-state index in [0.717, 1.165) is 0 Å². The molecular weight excluding hydrogens is 262 g/mol. The molecule has 0 spiro atoms. The molecule has 2 aromatic heterocycles. The summed E-state index contributed by atoms with van der Waals surface area (Å²) in [4.78, 5) is 29.9. The van der Waals surface area contributed by atoms with Gasteiger partial charge >= 0.3 is 11.7 Å². The van der Waals surface area contributed by atoms with E-state index in [9.17, 15) is 14.7 Å². The van der Waals surface area contributed by atoms with Gasteiger partial charge in [-0.3, -0.25) is 4.57 Å². The first-order chi connectivity index (χ1) is 9.56. The summed E-state index contributed by atoms with van der Waals surface area (Å²) in [5, 5.41) is 9.22. The third kappa shape index (κ3) is 1.89. The van der Waals surface area contributed by atoms with Crippen molar-refractivity contribution in [2.24, 2.45) is 0 Å². The Bertz CT molecular complexity index is 856. The summed E-state index contributed by atoms with van der Waals surface area (Å²) in [6.45, 7) is 1.83. The van der Waals surface area contributed by atoms with E-state index in [1.807, 2.05) is 0 Å². The predicted molar refractivity (Wildman–Crippen MR) is 69.9 cm³/mol. The lowest BCUT2D eigenvalue weighted by atomic mass is 10.2. The summed E-state index contributed by atoms with van der Waals surface area (Å²) in [6.07, 6.45) is 1.55. The van der Waals surface area contributed by atoms with Gasteiger partial charge in [-0.25, -0.2) is 14.6 Å². The molecule has 7 heteroatoms. The molecule has 102 valence electrons. The van der Waals surface area contributed by atoms with E-state index in [-0.39, 0.29) is 12.1 Å². The van der Waals surface area contributed by atoms with Gasteiger partial charge in [-0.15, -0.1) is 0 Å². The first-order valence-electron chi connectivity index (χ1n) is 5.92. The van der Waals surface area contributed by atoms with Crippen LogP contribution in [-0.2, 0) is 6.54 Å². The standard InChI is InChI=1S/C13H11N3O4/c1-7-5-14-10(20-7)6-16-11-8(12(17)18)3-2-4-9(11)15-13(16)19/h2-5H,6H2,1H3,(H,15,19)(H,17,18). The van der Waals surface area contributed by atoms with Crippen LogP contribution in [0.1, 0.15) is 22.0 Å². The average Bonchev–Trinajstić information content (AvgIpc) is 2.94. The Balaban J connectivity index is 2.21. The van der Waals surface area contributed by atoms with Gasteiger partial charge in [0, 0.05) is 0 Å². The minimum absolute atomic E-state index is 0.0594. The molecule has 0 bridgehead atoms. The second-order valence-corrected chi connectivity index (χ2v) is 4.39. The molecule has 2 N–H and O–H groups in total. The Morgan fingerprint density at radius 3 is 2.95 bits per heavy atom. The molecule has 0 aliphatic carbocycles. The highest BCUT2D eigenvalue weighted by Gasteiger charge is 2.16. The van der Waals surface area contributed by atoms with E-state index in [1.165, 1.54) is 10.6 Å². The molecule has 0 saturated heterocycles. The minimum Gasteiger partial charge on any atom is -0.478 e. The number of fused-ring (bicyclic) bond motifs is 1. The number of oxazole rings is 1. The maximum atomic E-state index is 12.0. The Kier molecular flexibility index (Phi) is 2.67. The molecule has 3 aromatic rings. The number of aromatic carboxylic acids is 1. The predicted octanol–water partition coefficient (Wildman–Crippen LogP) is 1.37. The first kappa shape index (κ1) is 12.2. The molecule has 7 nitrogen and oxygen atoms in total. The third-order valence-electron chi connectivity index (χ3n) is 2.99. The van der Waals surface area contributed by atoms with Crippen molar-refractivity contribution in [2.75, 3.05) is 0 Å². The largest absolute Gasteiger partial charge is 0.478 e. The van der Waals surface area contributed by atoms with Crippen LogP contribution in [0.5, 0.6) is 0 Å². The second kappa shape index (κ2) is 4.37. The van der Waals surface area contributed by atoms with Crippen molar-refractivity contribution >= 4 is 17.0 Å². The van der Waals surface area contributed by atoms with Crippen molar-refractivity contribution in [3.05, 3.63) is 52.1 Å². The molecule has 0 saturated carbocycles. The lowest BCUT2D eigenvalue weighted by molar-refractivity contribution is 0.0698. The number of nitrogens with zero attached hydrogens (tertiary/aromatic N) is 2. The Labute approximate surface area is 112 Å². The van der Waals surface area contributed by atoms with Gasteiger partial charge in [0.15, 0.2) is 0 Å². The van der Waals surface area contributed by atoms with E-state index < -0.39 is 11.7 Å². The number of imidazole rings is 1. The van der Waals surface area contributed by atoms with Crippen LogP contribution in [0.15, 0.2) is 33.6 Å². The molecule has 0 radical (unpaired) electrons. The van der Waals surface area contributed by atoms with Gasteiger partial charge in [0.25, 0.3) is 0 Å². The lowest BCUT2D eigenvalue weighted by Gasteiger charge is -2.03. The molecule has 0 aliphatic heterocycles. The van der Waals surface area contributed by atoms with Crippen LogP contribution in [0.25, 0.3) is 11.0 Å². The number of rotatable bonds is 3. The normalized spacial score (nSPS) is 11.1. The van der Waals surface area contributed by atoms with E-state index in [2.05, 4.69) is 9.97 Å². The lowest BCUT2D eigenvalue weighted by Crippen LogP contribution is -2.18. The molecule has 0 aliphatic rings.